The van der Waals surface area contributed by atoms with Gasteiger partial charge >= 0.3 is 5.97 Å². The Morgan fingerprint density at radius 3 is 2.48 bits per heavy atom. The van der Waals surface area contributed by atoms with Gasteiger partial charge in [-0.1, -0.05) is 0 Å². The Bertz CT molecular complexity index is 620. The number of hydrogen-bond donors (Lipinski definition) is 1. The number of hydrogen-bond acceptors (Lipinski definition) is 5. The van der Waals surface area contributed by atoms with Crippen LogP contribution in [0.15, 0.2) is 24.3 Å². The first-order chi connectivity index (χ1) is 13.1. The Morgan fingerprint density at radius 2 is 1.85 bits per heavy atom. The molecule has 0 saturated carbocycles. The van der Waals surface area contributed by atoms with Crippen molar-refractivity contribution in [3.63, 3.8) is 0 Å². The summed E-state index contributed by atoms with van der Waals surface area (Å²) in [4.78, 5) is 25.6. The third kappa shape index (κ3) is 5.68. The number of carbonyl (C=O) groups is 2. The normalized spacial score (nSPS) is 20.4. The van der Waals surface area contributed by atoms with Gasteiger partial charge in [0.2, 0.25) is 0 Å². The highest BCUT2D eigenvalue weighted by molar-refractivity contribution is 5.94. The van der Waals surface area contributed by atoms with E-state index < -0.39 is 5.97 Å². The predicted octanol–water partition coefficient (Wildman–Crippen LogP) is 2.34. The van der Waals surface area contributed by atoms with E-state index in [0.717, 1.165) is 32.3 Å². The number of benzene rings is 1. The van der Waals surface area contributed by atoms with Crippen molar-refractivity contribution in [2.24, 2.45) is 0 Å². The van der Waals surface area contributed by atoms with E-state index in [1.807, 2.05) is 0 Å². The summed E-state index contributed by atoms with van der Waals surface area (Å²) in [6.07, 6.45) is 3.62. The fourth-order valence-electron chi connectivity index (χ4n) is 3.49. The summed E-state index contributed by atoms with van der Waals surface area (Å²) >= 11 is 0. The molecule has 27 heavy (non-hydrogen) atoms. The lowest BCUT2D eigenvalue weighted by Gasteiger charge is -2.34. The average Bonchev–Trinajstić information content (AvgIpc) is 3.21. The largest absolute Gasteiger partial charge is 0.491 e. The molecule has 7 nitrogen and oxygen atoms in total. The van der Waals surface area contributed by atoms with Crippen LogP contribution in [-0.4, -0.2) is 67.0 Å². The molecule has 0 unspecified atom stereocenters. The Kier molecular flexibility index (Phi) is 7.06. The maximum absolute atomic E-state index is 13.0. The van der Waals surface area contributed by atoms with Crippen LogP contribution in [0.2, 0.25) is 0 Å². The van der Waals surface area contributed by atoms with Crippen LogP contribution in [0.25, 0.3) is 0 Å². The van der Waals surface area contributed by atoms with Gasteiger partial charge in [-0.05, 0) is 49.9 Å². The first-order valence-electron chi connectivity index (χ1n) is 9.58. The van der Waals surface area contributed by atoms with Crippen LogP contribution in [0.4, 0.5) is 0 Å². The van der Waals surface area contributed by atoms with Gasteiger partial charge in [0.15, 0.2) is 0 Å². The molecule has 0 aliphatic carbocycles. The van der Waals surface area contributed by atoms with Gasteiger partial charge in [-0.3, -0.25) is 9.59 Å². The summed E-state index contributed by atoms with van der Waals surface area (Å²) in [6, 6.07) is 7.05. The Morgan fingerprint density at radius 1 is 1.11 bits per heavy atom. The Labute approximate surface area is 159 Å². The summed E-state index contributed by atoms with van der Waals surface area (Å²) in [5.74, 6) is -0.350. The number of aliphatic carboxylic acids is 1. The second-order valence-corrected chi connectivity index (χ2v) is 6.96. The lowest BCUT2D eigenvalue weighted by atomic mass is 10.0. The number of carboxylic acid groups (broad SMARTS) is 1. The van der Waals surface area contributed by atoms with E-state index in [2.05, 4.69) is 0 Å². The molecule has 7 heteroatoms. The zero-order valence-corrected chi connectivity index (χ0v) is 15.5. The molecule has 0 radical (unpaired) electrons. The lowest BCUT2D eigenvalue weighted by molar-refractivity contribution is -0.137. The van der Waals surface area contributed by atoms with Crippen molar-refractivity contribution in [2.75, 3.05) is 33.0 Å². The van der Waals surface area contributed by atoms with E-state index in [4.69, 9.17) is 19.3 Å². The maximum atomic E-state index is 13.0. The lowest BCUT2D eigenvalue weighted by Crippen LogP contribution is -2.44. The van der Waals surface area contributed by atoms with Crippen LogP contribution >= 0.6 is 0 Å². The first-order valence-corrected chi connectivity index (χ1v) is 9.58. The van der Waals surface area contributed by atoms with E-state index in [1.54, 1.807) is 29.2 Å². The summed E-state index contributed by atoms with van der Waals surface area (Å²) in [6.45, 7) is 2.70. The molecular weight excluding hydrogens is 350 g/mol. The third-order valence-corrected chi connectivity index (χ3v) is 5.02. The zero-order chi connectivity index (χ0) is 19.1. The molecule has 2 aliphatic heterocycles. The third-order valence-electron chi connectivity index (χ3n) is 5.02. The number of carbonyl (C=O) groups excluding carboxylic acids is 1. The van der Waals surface area contributed by atoms with Gasteiger partial charge in [0, 0.05) is 38.0 Å². The first kappa shape index (κ1) is 19.6. The van der Waals surface area contributed by atoms with Crippen molar-refractivity contribution in [1.29, 1.82) is 0 Å². The van der Waals surface area contributed by atoms with E-state index in [9.17, 15) is 9.59 Å². The van der Waals surface area contributed by atoms with Gasteiger partial charge in [-0.2, -0.15) is 0 Å². The molecule has 0 aromatic heterocycles. The number of rotatable bonds is 8. The number of amides is 1. The smallest absolute Gasteiger partial charge is 0.305 e. The van der Waals surface area contributed by atoms with Crippen molar-refractivity contribution >= 4 is 11.9 Å². The molecule has 0 bridgehead atoms. The summed E-state index contributed by atoms with van der Waals surface area (Å²) < 4.78 is 16.6. The topological polar surface area (TPSA) is 85.3 Å². The molecular formula is C20H27NO6. The molecule has 2 aliphatic rings. The zero-order valence-electron chi connectivity index (χ0n) is 15.5. The van der Waals surface area contributed by atoms with Gasteiger partial charge in [0.1, 0.15) is 12.4 Å². The van der Waals surface area contributed by atoms with Gasteiger partial charge < -0.3 is 24.2 Å². The van der Waals surface area contributed by atoms with Gasteiger partial charge in [0.25, 0.3) is 5.91 Å². The van der Waals surface area contributed by atoms with E-state index in [1.165, 1.54) is 0 Å². The van der Waals surface area contributed by atoms with Crippen LogP contribution in [0, 0.1) is 0 Å². The van der Waals surface area contributed by atoms with Crippen LogP contribution < -0.4 is 4.74 Å². The SMILES string of the molecule is O=C(O)CCN(C(=O)c1ccc(OC[C@@H]2CCCO2)cc1)C1CCOCC1. The minimum Gasteiger partial charge on any atom is -0.491 e. The molecule has 1 N–H and O–H groups in total. The second-order valence-electron chi connectivity index (χ2n) is 6.96. The van der Waals surface area contributed by atoms with E-state index in [-0.39, 0.29) is 31.0 Å². The molecule has 2 saturated heterocycles. The van der Waals surface area contributed by atoms with Crippen molar-refractivity contribution < 1.29 is 28.9 Å². The fraction of sp³-hybridized carbons (Fsp3) is 0.600. The van der Waals surface area contributed by atoms with Gasteiger partial charge in [-0.15, -0.1) is 0 Å². The summed E-state index contributed by atoms with van der Waals surface area (Å²) in [5, 5.41) is 9.01. The highest BCUT2D eigenvalue weighted by atomic mass is 16.5. The fourth-order valence-corrected chi connectivity index (χ4v) is 3.49. The van der Waals surface area contributed by atoms with Crippen LogP contribution in [0.5, 0.6) is 5.75 Å². The van der Waals surface area contributed by atoms with Crippen molar-refractivity contribution in [2.45, 2.75) is 44.2 Å². The standard InChI is InChI=1S/C20H27NO6/c22-19(23)7-10-21(16-8-12-25-13-9-16)20(24)15-3-5-17(6-4-15)27-14-18-2-1-11-26-18/h3-6,16,18H,1-2,7-14H2,(H,22,23)/t18-/m0/s1. The molecule has 1 amide bonds. The minimum atomic E-state index is -0.905. The van der Waals surface area contributed by atoms with Crippen molar-refractivity contribution in [1.82, 2.24) is 4.90 Å². The van der Waals surface area contributed by atoms with E-state index >= 15 is 0 Å². The second kappa shape index (κ2) is 9.71. The molecule has 2 fully saturated rings. The average molecular weight is 377 g/mol. The van der Waals surface area contributed by atoms with Gasteiger partial charge in [-0.25, -0.2) is 0 Å². The van der Waals surface area contributed by atoms with Crippen molar-refractivity contribution in [3.05, 3.63) is 29.8 Å². The molecule has 3 rings (SSSR count). The van der Waals surface area contributed by atoms with Crippen LogP contribution in [0.3, 0.4) is 0 Å². The van der Waals surface area contributed by atoms with Crippen LogP contribution in [-0.2, 0) is 14.3 Å². The number of ether oxygens (including phenoxy) is 3. The Balaban J connectivity index is 1.62. The minimum absolute atomic E-state index is 0.0149. The number of carboxylic acids is 1. The molecule has 1 atom stereocenters. The molecule has 1 aromatic carbocycles. The summed E-state index contributed by atoms with van der Waals surface area (Å²) in [5.41, 5.74) is 0.538. The quantitative estimate of drug-likeness (QED) is 0.748. The molecule has 1 aromatic rings. The highest BCUT2D eigenvalue weighted by Crippen LogP contribution is 2.21. The van der Waals surface area contributed by atoms with Crippen LogP contribution in [0.1, 0.15) is 42.5 Å². The van der Waals surface area contributed by atoms with Crippen molar-refractivity contribution in [3.8, 4) is 5.75 Å². The van der Waals surface area contributed by atoms with E-state index in [0.29, 0.717) is 31.1 Å². The molecule has 0 spiro atoms. The maximum Gasteiger partial charge on any atom is 0.305 e. The summed E-state index contributed by atoms with van der Waals surface area (Å²) in [7, 11) is 0. The number of nitrogens with zero attached hydrogens (tertiary/aromatic N) is 1. The Hall–Kier alpha value is -2.12. The van der Waals surface area contributed by atoms with Gasteiger partial charge in [0.05, 0.1) is 12.5 Å². The molecule has 148 valence electrons. The highest BCUT2D eigenvalue weighted by Gasteiger charge is 2.27. The molecule has 2 heterocycles. The predicted molar refractivity (Wildman–Crippen MR) is 98.0 cm³/mol. The monoisotopic (exact) mass is 377 g/mol.